The van der Waals surface area contributed by atoms with Crippen LogP contribution in [0, 0.1) is 0 Å². The Morgan fingerprint density at radius 1 is 1.29 bits per heavy atom. The van der Waals surface area contributed by atoms with E-state index >= 15 is 0 Å². The Bertz CT molecular complexity index is 529. The molecule has 0 bridgehead atoms. The molecule has 2 aromatic rings. The van der Waals surface area contributed by atoms with E-state index in [0.717, 1.165) is 29.4 Å². The molecule has 7 heteroatoms. The average molecular weight is 346 g/mol. The summed E-state index contributed by atoms with van der Waals surface area (Å²) in [6.07, 6.45) is 1.11. The van der Waals surface area contributed by atoms with E-state index in [1.54, 1.807) is 11.3 Å². The molecule has 0 radical (unpaired) electrons. The molecule has 0 aliphatic rings. The Hall–Kier alpha value is -0.820. The Kier molecular flexibility index (Phi) is 8.68. The third kappa shape index (κ3) is 6.22. The number of amides is 1. The number of para-hydroxylation sites is 1. The number of benzene rings is 1. The second kappa shape index (κ2) is 10.00. The first-order valence-corrected chi connectivity index (χ1v) is 8.55. The Labute approximate surface area is 139 Å². The number of carbonyl (C=O) groups excluding carboxylic acids is 1. The number of hydrogen-bond donors (Lipinski definition) is 2. The molecule has 116 valence electrons. The Morgan fingerprint density at radius 2 is 2.10 bits per heavy atom. The summed E-state index contributed by atoms with van der Waals surface area (Å²) in [6.45, 7) is 4.63. The summed E-state index contributed by atoms with van der Waals surface area (Å²) in [7, 11) is 0. The van der Waals surface area contributed by atoms with Crippen molar-refractivity contribution in [1.82, 2.24) is 15.6 Å². The van der Waals surface area contributed by atoms with Crippen molar-refractivity contribution in [3.05, 3.63) is 24.3 Å². The van der Waals surface area contributed by atoms with Gasteiger partial charge in [-0.3, -0.25) is 4.79 Å². The van der Waals surface area contributed by atoms with Gasteiger partial charge in [0, 0.05) is 13.1 Å². The molecule has 0 spiro atoms. The van der Waals surface area contributed by atoms with Gasteiger partial charge in [-0.15, -0.1) is 23.7 Å². The number of nitrogens with zero attached hydrogens (tertiary/aromatic N) is 1. The topological polar surface area (TPSA) is 54.0 Å². The predicted octanol–water partition coefficient (Wildman–Crippen LogP) is 2.93. The highest BCUT2D eigenvalue weighted by molar-refractivity contribution is 8.01. The summed E-state index contributed by atoms with van der Waals surface area (Å²) in [4.78, 5) is 16.2. The van der Waals surface area contributed by atoms with Crippen LogP contribution in [0.5, 0.6) is 0 Å². The minimum Gasteiger partial charge on any atom is -0.354 e. The van der Waals surface area contributed by atoms with Crippen molar-refractivity contribution in [2.45, 2.75) is 17.7 Å². The van der Waals surface area contributed by atoms with Crippen LogP contribution in [0.15, 0.2) is 28.6 Å². The molecule has 0 aliphatic carbocycles. The first kappa shape index (κ1) is 18.2. The molecular formula is C14H20ClN3OS2. The zero-order valence-electron chi connectivity index (χ0n) is 11.9. The Balaban J connectivity index is 0.00000220. The van der Waals surface area contributed by atoms with E-state index in [2.05, 4.69) is 28.6 Å². The maximum atomic E-state index is 11.7. The van der Waals surface area contributed by atoms with Crippen LogP contribution < -0.4 is 10.6 Å². The number of thiazole rings is 1. The van der Waals surface area contributed by atoms with Gasteiger partial charge in [-0.2, -0.15) is 0 Å². The van der Waals surface area contributed by atoms with E-state index in [0.29, 0.717) is 12.3 Å². The van der Waals surface area contributed by atoms with Crippen molar-refractivity contribution in [1.29, 1.82) is 0 Å². The molecule has 1 aromatic carbocycles. The number of fused-ring (bicyclic) bond motifs is 1. The van der Waals surface area contributed by atoms with Gasteiger partial charge in [-0.05, 0) is 25.1 Å². The first-order valence-electron chi connectivity index (χ1n) is 6.75. The summed E-state index contributed by atoms with van der Waals surface area (Å²) < 4.78 is 2.12. The van der Waals surface area contributed by atoms with E-state index in [9.17, 15) is 4.79 Å². The lowest BCUT2D eigenvalue weighted by atomic mass is 10.3. The molecule has 0 fully saturated rings. The van der Waals surface area contributed by atoms with Crippen molar-refractivity contribution < 1.29 is 4.79 Å². The van der Waals surface area contributed by atoms with Crippen molar-refractivity contribution in [2.75, 3.05) is 25.4 Å². The SMILES string of the molecule is CCCNCCNC(=O)CSc1nc2ccccc2s1.Cl. The molecule has 0 saturated heterocycles. The maximum Gasteiger partial charge on any atom is 0.230 e. The monoisotopic (exact) mass is 345 g/mol. The van der Waals surface area contributed by atoms with Gasteiger partial charge in [0.1, 0.15) is 0 Å². The van der Waals surface area contributed by atoms with Crippen LogP contribution in [0.1, 0.15) is 13.3 Å². The molecule has 1 aromatic heterocycles. The fourth-order valence-corrected chi connectivity index (χ4v) is 3.58. The number of nitrogens with one attached hydrogen (secondary N) is 2. The molecular weight excluding hydrogens is 326 g/mol. The van der Waals surface area contributed by atoms with Gasteiger partial charge in [0.15, 0.2) is 4.34 Å². The van der Waals surface area contributed by atoms with Crippen molar-refractivity contribution in [3.63, 3.8) is 0 Å². The lowest BCUT2D eigenvalue weighted by molar-refractivity contribution is -0.118. The van der Waals surface area contributed by atoms with E-state index in [4.69, 9.17) is 0 Å². The van der Waals surface area contributed by atoms with Crippen LogP contribution in [-0.4, -0.2) is 36.3 Å². The van der Waals surface area contributed by atoms with Gasteiger partial charge in [-0.25, -0.2) is 4.98 Å². The molecule has 21 heavy (non-hydrogen) atoms. The van der Waals surface area contributed by atoms with Crippen LogP contribution in [0.4, 0.5) is 0 Å². The summed E-state index contributed by atoms with van der Waals surface area (Å²) in [5.41, 5.74) is 1.00. The molecule has 4 nitrogen and oxygen atoms in total. The van der Waals surface area contributed by atoms with Gasteiger partial charge in [-0.1, -0.05) is 30.8 Å². The standard InChI is InChI=1S/C14H19N3OS2.ClH/c1-2-7-15-8-9-16-13(18)10-19-14-17-11-5-3-4-6-12(11)20-14;/h3-6,15H,2,7-10H2,1H3,(H,16,18);1H. The summed E-state index contributed by atoms with van der Waals surface area (Å²) >= 11 is 3.13. The van der Waals surface area contributed by atoms with E-state index < -0.39 is 0 Å². The smallest absolute Gasteiger partial charge is 0.230 e. The lowest BCUT2D eigenvalue weighted by Crippen LogP contribution is -2.33. The molecule has 2 rings (SSSR count). The van der Waals surface area contributed by atoms with Crippen LogP contribution in [0.3, 0.4) is 0 Å². The number of halogens is 1. The zero-order valence-corrected chi connectivity index (χ0v) is 14.4. The summed E-state index contributed by atoms with van der Waals surface area (Å²) in [5.74, 6) is 0.487. The molecule has 0 aliphatic heterocycles. The third-order valence-corrected chi connectivity index (χ3v) is 4.83. The number of carbonyl (C=O) groups is 1. The number of thioether (sulfide) groups is 1. The first-order chi connectivity index (χ1) is 9.79. The second-order valence-corrected chi connectivity index (χ2v) is 6.59. The Morgan fingerprint density at radius 3 is 2.86 bits per heavy atom. The van der Waals surface area contributed by atoms with Gasteiger partial charge in [0.2, 0.25) is 5.91 Å². The summed E-state index contributed by atoms with van der Waals surface area (Å²) in [6, 6.07) is 8.03. The maximum absolute atomic E-state index is 11.7. The normalized spacial score (nSPS) is 10.3. The zero-order chi connectivity index (χ0) is 14.2. The van der Waals surface area contributed by atoms with Crippen molar-refractivity contribution >= 4 is 51.6 Å². The quantitative estimate of drug-likeness (QED) is 0.570. The van der Waals surface area contributed by atoms with E-state index in [1.807, 2.05) is 18.2 Å². The van der Waals surface area contributed by atoms with Gasteiger partial charge in [0.05, 0.1) is 16.0 Å². The summed E-state index contributed by atoms with van der Waals surface area (Å²) in [5, 5.41) is 6.15. The highest BCUT2D eigenvalue weighted by atomic mass is 35.5. The minimum atomic E-state index is 0. The van der Waals surface area contributed by atoms with Crippen molar-refractivity contribution in [2.24, 2.45) is 0 Å². The molecule has 0 atom stereocenters. The second-order valence-electron chi connectivity index (χ2n) is 4.34. The van der Waals surface area contributed by atoms with E-state index in [-0.39, 0.29) is 18.3 Å². The van der Waals surface area contributed by atoms with Crippen LogP contribution in [-0.2, 0) is 4.79 Å². The number of rotatable bonds is 8. The van der Waals surface area contributed by atoms with Crippen LogP contribution in [0.2, 0.25) is 0 Å². The lowest BCUT2D eigenvalue weighted by Gasteiger charge is -2.05. The van der Waals surface area contributed by atoms with Gasteiger partial charge < -0.3 is 10.6 Å². The van der Waals surface area contributed by atoms with Gasteiger partial charge >= 0.3 is 0 Å². The number of hydrogen-bond acceptors (Lipinski definition) is 5. The molecule has 1 heterocycles. The van der Waals surface area contributed by atoms with Gasteiger partial charge in [0.25, 0.3) is 0 Å². The van der Waals surface area contributed by atoms with Crippen molar-refractivity contribution in [3.8, 4) is 0 Å². The minimum absolute atomic E-state index is 0. The average Bonchev–Trinajstić information content (AvgIpc) is 2.88. The highest BCUT2D eigenvalue weighted by Crippen LogP contribution is 2.28. The fourth-order valence-electron chi connectivity index (χ4n) is 1.68. The predicted molar refractivity (Wildman–Crippen MR) is 93.8 cm³/mol. The molecule has 0 unspecified atom stereocenters. The molecule has 2 N–H and O–H groups in total. The largest absolute Gasteiger partial charge is 0.354 e. The van der Waals surface area contributed by atoms with Crippen LogP contribution in [0.25, 0.3) is 10.2 Å². The fraction of sp³-hybridized carbons (Fsp3) is 0.429. The highest BCUT2D eigenvalue weighted by Gasteiger charge is 2.06. The number of aromatic nitrogens is 1. The third-order valence-electron chi connectivity index (χ3n) is 2.65. The molecule has 1 amide bonds. The van der Waals surface area contributed by atoms with E-state index in [1.165, 1.54) is 16.5 Å². The molecule has 0 saturated carbocycles. The van der Waals surface area contributed by atoms with Crippen LogP contribution >= 0.6 is 35.5 Å².